The molecule has 200 valence electrons. The number of rotatable bonds is 13. The number of carboxylic acids is 1. The van der Waals surface area contributed by atoms with Gasteiger partial charge in [-0.05, 0) is 17.2 Å². The quantitative estimate of drug-likeness (QED) is 0.154. The summed E-state index contributed by atoms with van der Waals surface area (Å²) in [6.45, 7) is -0.372. The van der Waals surface area contributed by atoms with E-state index in [0.717, 1.165) is 16.5 Å². The van der Waals surface area contributed by atoms with Gasteiger partial charge in [0.1, 0.15) is 18.1 Å². The Hall–Kier alpha value is -4.71. The van der Waals surface area contributed by atoms with Gasteiger partial charge >= 0.3 is 5.97 Å². The van der Waals surface area contributed by atoms with E-state index in [1.165, 1.54) is 0 Å². The molecule has 0 aliphatic rings. The third kappa shape index (κ3) is 7.64. The molecule has 0 aliphatic carbocycles. The van der Waals surface area contributed by atoms with Crippen LogP contribution in [0.4, 0.5) is 0 Å². The first-order valence-corrected chi connectivity index (χ1v) is 11.9. The summed E-state index contributed by atoms with van der Waals surface area (Å²) in [4.78, 5) is 64.9. The smallest absolute Gasteiger partial charge is 0.326 e. The molecular weight excluding hydrogens is 492 g/mol. The lowest BCUT2D eigenvalue weighted by Gasteiger charge is -2.24. The SMILES string of the molecule is NCC(=O)NC(Cc1c[nH]c2ccccc12)C(=O)NC(CC(N)=O)C(=O)NC(Cc1ccccc1)C(=O)O. The van der Waals surface area contributed by atoms with Crippen molar-refractivity contribution in [3.8, 4) is 0 Å². The standard InChI is InChI=1S/C26H30N6O6/c27-13-23(34)30-19(11-16-14-29-18-9-5-4-8-17(16)18)24(35)31-20(12-22(28)33)25(36)32-21(26(37)38)10-15-6-2-1-3-7-15/h1-9,14,19-21,29H,10-13,27H2,(H2,28,33)(H,30,34)(H,31,35)(H,32,36)(H,37,38). The second-order valence-electron chi connectivity index (χ2n) is 8.71. The number of fused-ring (bicyclic) bond motifs is 1. The van der Waals surface area contributed by atoms with Crippen LogP contribution in [0.25, 0.3) is 10.9 Å². The Balaban J connectivity index is 1.78. The summed E-state index contributed by atoms with van der Waals surface area (Å²) in [7, 11) is 0. The highest BCUT2D eigenvalue weighted by atomic mass is 16.4. The first-order chi connectivity index (χ1) is 18.2. The molecule has 0 saturated heterocycles. The Morgan fingerprint density at radius 1 is 0.816 bits per heavy atom. The van der Waals surface area contributed by atoms with Gasteiger partial charge in [0.15, 0.2) is 0 Å². The zero-order chi connectivity index (χ0) is 27.7. The molecular formula is C26H30N6O6. The largest absolute Gasteiger partial charge is 0.480 e. The normalized spacial score (nSPS) is 13.2. The average molecular weight is 523 g/mol. The van der Waals surface area contributed by atoms with Crippen LogP contribution in [0.5, 0.6) is 0 Å². The number of nitrogens with two attached hydrogens (primary N) is 2. The number of carbonyl (C=O) groups excluding carboxylic acids is 4. The lowest BCUT2D eigenvalue weighted by Crippen LogP contribution is -2.57. The van der Waals surface area contributed by atoms with Crippen LogP contribution in [0.3, 0.4) is 0 Å². The fraction of sp³-hybridized carbons (Fsp3) is 0.269. The minimum Gasteiger partial charge on any atom is -0.480 e. The van der Waals surface area contributed by atoms with Gasteiger partial charge in [0.25, 0.3) is 0 Å². The predicted molar refractivity (Wildman–Crippen MR) is 138 cm³/mol. The van der Waals surface area contributed by atoms with Crippen LogP contribution in [0.15, 0.2) is 60.8 Å². The van der Waals surface area contributed by atoms with E-state index in [0.29, 0.717) is 5.56 Å². The molecule has 4 amide bonds. The van der Waals surface area contributed by atoms with Gasteiger partial charge in [0.2, 0.25) is 23.6 Å². The van der Waals surface area contributed by atoms with Gasteiger partial charge in [-0.3, -0.25) is 19.2 Å². The molecule has 12 heteroatoms. The number of para-hydroxylation sites is 1. The number of aliphatic carboxylic acids is 1. The molecule has 0 spiro atoms. The molecule has 1 aromatic heterocycles. The van der Waals surface area contributed by atoms with Gasteiger partial charge in [0.05, 0.1) is 13.0 Å². The van der Waals surface area contributed by atoms with Crippen molar-refractivity contribution in [2.75, 3.05) is 6.54 Å². The number of hydrogen-bond donors (Lipinski definition) is 7. The molecule has 9 N–H and O–H groups in total. The van der Waals surface area contributed by atoms with Crippen LogP contribution >= 0.6 is 0 Å². The van der Waals surface area contributed by atoms with Gasteiger partial charge in [-0.25, -0.2) is 4.79 Å². The van der Waals surface area contributed by atoms with Gasteiger partial charge in [-0.2, -0.15) is 0 Å². The van der Waals surface area contributed by atoms with Crippen molar-refractivity contribution in [3.63, 3.8) is 0 Å². The lowest BCUT2D eigenvalue weighted by atomic mass is 10.0. The predicted octanol–water partition coefficient (Wildman–Crippen LogP) is -0.674. The van der Waals surface area contributed by atoms with Crippen molar-refractivity contribution in [1.29, 1.82) is 0 Å². The maximum atomic E-state index is 13.2. The van der Waals surface area contributed by atoms with Crippen LogP contribution in [0.1, 0.15) is 17.5 Å². The minimum absolute atomic E-state index is 0.0190. The van der Waals surface area contributed by atoms with E-state index < -0.39 is 54.1 Å². The van der Waals surface area contributed by atoms with Crippen molar-refractivity contribution in [3.05, 3.63) is 71.9 Å². The van der Waals surface area contributed by atoms with Gasteiger partial charge in [-0.15, -0.1) is 0 Å². The van der Waals surface area contributed by atoms with E-state index in [4.69, 9.17) is 11.5 Å². The molecule has 2 aromatic carbocycles. The number of benzene rings is 2. The number of primary amides is 1. The Morgan fingerprint density at radius 2 is 1.45 bits per heavy atom. The van der Waals surface area contributed by atoms with Crippen molar-refractivity contribution in [2.24, 2.45) is 11.5 Å². The molecule has 0 bridgehead atoms. The average Bonchev–Trinajstić information content (AvgIpc) is 3.30. The van der Waals surface area contributed by atoms with E-state index in [2.05, 4.69) is 20.9 Å². The molecule has 3 unspecified atom stereocenters. The van der Waals surface area contributed by atoms with Crippen LogP contribution in [0.2, 0.25) is 0 Å². The maximum Gasteiger partial charge on any atom is 0.326 e. The molecule has 38 heavy (non-hydrogen) atoms. The molecule has 0 aliphatic heterocycles. The van der Waals surface area contributed by atoms with Crippen LogP contribution in [-0.2, 0) is 36.8 Å². The number of H-pyrrole nitrogens is 1. The van der Waals surface area contributed by atoms with E-state index >= 15 is 0 Å². The second kappa shape index (κ2) is 13.0. The molecule has 0 fully saturated rings. The number of aromatic amines is 1. The molecule has 0 radical (unpaired) electrons. The number of nitrogens with one attached hydrogen (secondary N) is 4. The van der Waals surface area contributed by atoms with Crippen molar-refractivity contribution in [1.82, 2.24) is 20.9 Å². The molecule has 3 rings (SSSR count). The van der Waals surface area contributed by atoms with E-state index in [-0.39, 0.29) is 19.4 Å². The van der Waals surface area contributed by atoms with Gasteiger partial charge in [-0.1, -0.05) is 48.5 Å². The van der Waals surface area contributed by atoms with Crippen molar-refractivity contribution >= 4 is 40.5 Å². The topological polar surface area (TPSA) is 209 Å². The van der Waals surface area contributed by atoms with Gasteiger partial charge in [0, 0.05) is 29.9 Å². The fourth-order valence-corrected chi connectivity index (χ4v) is 3.99. The summed E-state index contributed by atoms with van der Waals surface area (Å²) in [6.07, 6.45) is 1.15. The Kier molecular flexibility index (Phi) is 9.54. The fourth-order valence-electron chi connectivity index (χ4n) is 3.99. The highest BCUT2D eigenvalue weighted by molar-refractivity contribution is 5.96. The second-order valence-corrected chi connectivity index (χ2v) is 8.71. The third-order valence-corrected chi connectivity index (χ3v) is 5.87. The zero-order valence-corrected chi connectivity index (χ0v) is 20.5. The molecule has 3 atom stereocenters. The Labute approximate surface area is 218 Å². The zero-order valence-electron chi connectivity index (χ0n) is 20.5. The number of amides is 4. The Morgan fingerprint density at radius 3 is 2.11 bits per heavy atom. The summed E-state index contributed by atoms with van der Waals surface area (Å²) in [5.74, 6) is -4.46. The molecule has 3 aromatic rings. The van der Waals surface area contributed by atoms with Crippen LogP contribution in [0, 0.1) is 0 Å². The van der Waals surface area contributed by atoms with E-state index in [9.17, 15) is 29.1 Å². The van der Waals surface area contributed by atoms with Crippen LogP contribution < -0.4 is 27.4 Å². The van der Waals surface area contributed by atoms with E-state index in [1.54, 1.807) is 36.5 Å². The van der Waals surface area contributed by atoms with Crippen LogP contribution in [-0.4, -0.2) is 64.4 Å². The van der Waals surface area contributed by atoms with Crippen molar-refractivity contribution in [2.45, 2.75) is 37.4 Å². The summed E-state index contributed by atoms with van der Waals surface area (Å²) in [5, 5.41) is 17.8. The highest BCUT2D eigenvalue weighted by Gasteiger charge is 2.31. The number of hydrogen-bond acceptors (Lipinski definition) is 6. The number of carbonyl (C=O) groups is 5. The lowest BCUT2D eigenvalue weighted by molar-refractivity contribution is -0.142. The highest BCUT2D eigenvalue weighted by Crippen LogP contribution is 2.19. The molecule has 1 heterocycles. The minimum atomic E-state index is -1.47. The van der Waals surface area contributed by atoms with Crippen molar-refractivity contribution < 1.29 is 29.1 Å². The first-order valence-electron chi connectivity index (χ1n) is 11.9. The monoisotopic (exact) mass is 522 g/mol. The first kappa shape index (κ1) is 27.9. The molecule has 0 saturated carbocycles. The molecule has 12 nitrogen and oxygen atoms in total. The maximum absolute atomic E-state index is 13.2. The van der Waals surface area contributed by atoms with E-state index in [1.807, 2.05) is 24.3 Å². The summed E-state index contributed by atoms with van der Waals surface area (Å²) in [6, 6.07) is 12.1. The Bertz CT molecular complexity index is 1310. The summed E-state index contributed by atoms with van der Waals surface area (Å²) in [5.41, 5.74) is 12.9. The number of carboxylic acid groups (broad SMARTS) is 1. The summed E-state index contributed by atoms with van der Waals surface area (Å²) >= 11 is 0. The summed E-state index contributed by atoms with van der Waals surface area (Å²) < 4.78 is 0. The third-order valence-electron chi connectivity index (χ3n) is 5.87. The van der Waals surface area contributed by atoms with Gasteiger partial charge < -0.3 is 37.5 Å². The number of aromatic nitrogens is 1.